The number of carbonyl (C=O) groups excluding carboxylic acids is 1. The van der Waals surface area contributed by atoms with Gasteiger partial charge in [-0.3, -0.25) is 4.79 Å². The Hall–Kier alpha value is -2.62. The van der Waals surface area contributed by atoms with Crippen LogP contribution in [0.25, 0.3) is 11.3 Å². The highest BCUT2D eigenvalue weighted by atomic mass is 79.9. The topological polar surface area (TPSA) is 36.4 Å². The first kappa shape index (κ1) is 18.7. The van der Waals surface area contributed by atoms with Gasteiger partial charge in [-0.1, -0.05) is 65.8 Å². The van der Waals surface area contributed by atoms with Crippen molar-refractivity contribution in [1.29, 1.82) is 0 Å². The molecule has 0 atom stereocenters. The number of benzene rings is 2. The first-order valence-electron chi connectivity index (χ1n) is 9.03. The van der Waals surface area contributed by atoms with E-state index in [1.165, 1.54) is 0 Å². The maximum atomic E-state index is 12.4. The highest BCUT2D eigenvalue weighted by molar-refractivity contribution is 9.11. The first-order valence-corrected chi connectivity index (χ1v) is 10.6. The Morgan fingerprint density at radius 2 is 1.61 bits per heavy atom. The molecular formula is C22H18BrN3OS. The smallest absolute Gasteiger partial charge is 0.298 e. The van der Waals surface area contributed by atoms with Crippen molar-refractivity contribution >= 4 is 38.3 Å². The summed E-state index contributed by atoms with van der Waals surface area (Å²) in [6.07, 6.45) is 0. The average Bonchev–Trinajstić information content (AvgIpc) is 3.15. The Morgan fingerprint density at radius 3 is 2.29 bits per heavy atom. The maximum absolute atomic E-state index is 12.4. The molecule has 2 aromatic carbocycles. The minimum Gasteiger partial charge on any atom is -0.344 e. The minimum atomic E-state index is -0.117. The number of thiazole rings is 1. The predicted octanol–water partition coefficient (Wildman–Crippen LogP) is 4.27. The van der Waals surface area contributed by atoms with Crippen molar-refractivity contribution in [2.24, 2.45) is 0 Å². The van der Waals surface area contributed by atoms with Gasteiger partial charge >= 0.3 is 0 Å². The molecule has 0 saturated carbocycles. The predicted molar refractivity (Wildman–Crippen MR) is 117 cm³/mol. The number of hydrogen-bond donors (Lipinski definition) is 0. The number of amides is 1. The van der Waals surface area contributed by atoms with Crippen LogP contribution in [0.1, 0.15) is 5.56 Å². The van der Waals surface area contributed by atoms with Crippen LogP contribution in [0.5, 0.6) is 0 Å². The molecule has 0 aliphatic carbocycles. The van der Waals surface area contributed by atoms with Gasteiger partial charge in [0.15, 0.2) is 5.13 Å². The summed E-state index contributed by atoms with van der Waals surface area (Å²) in [6, 6.07) is 19.7. The summed E-state index contributed by atoms with van der Waals surface area (Å²) >= 11 is 5.28. The second-order valence-corrected chi connectivity index (χ2v) is 8.68. The minimum absolute atomic E-state index is 0.117. The van der Waals surface area contributed by atoms with E-state index in [9.17, 15) is 4.79 Å². The molecule has 1 fully saturated rings. The van der Waals surface area contributed by atoms with E-state index >= 15 is 0 Å². The summed E-state index contributed by atoms with van der Waals surface area (Å²) in [5.74, 6) is 5.58. The summed E-state index contributed by atoms with van der Waals surface area (Å²) in [5, 5.41) is 0.980. The lowest BCUT2D eigenvalue weighted by Crippen LogP contribution is -2.48. The van der Waals surface area contributed by atoms with Gasteiger partial charge in [0.1, 0.15) is 0 Å². The van der Waals surface area contributed by atoms with Crippen LogP contribution in [-0.2, 0) is 4.79 Å². The number of nitrogens with zero attached hydrogens (tertiary/aromatic N) is 3. The van der Waals surface area contributed by atoms with E-state index in [0.717, 1.165) is 38.8 Å². The number of rotatable bonds is 2. The number of anilines is 1. The number of carbonyl (C=O) groups is 1. The van der Waals surface area contributed by atoms with Gasteiger partial charge in [-0.25, -0.2) is 4.98 Å². The molecule has 0 radical (unpaired) electrons. The molecule has 6 heteroatoms. The zero-order chi connectivity index (χ0) is 19.3. The molecule has 28 heavy (non-hydrogen) atoms. The van der Waals surface area contributed by atoms with Crippen molar-refractivity contribution in [3.8, 4) is 23.1 Å². The summed E-state index contributed by atoms with van der Waals surface area (Å²) in [6.45, 7) is 2.82. The van der Waals surface area contributed by atoms with Gasteiger partial charge in [-0.15, -0.1) is 0 Å². The summed E-state index contributed by atoms with van der Waals surface area (Å²) in [4.78, 5) is 21.2. The van der Waals surface area contributed by atoms with Crippen LogP contribution in [0.2, 0.25) is 0 Å². The summed E-state index contributed by atoms with van der Waals surface area (Å²) in [7, 11) is 0. The molecule has 0 spiro atoms. The van der Waals surface area contributed by atoms with E-state index < -0.39 is 0 Å². The second-order valence-electron chi connectivity index (χ2n) is 6.38. The molecule has 1 saturated heterocycles. The highest BCUT2D eigenvalue weighted by Gasteiger charge is 2.23. The molecule has 0 N–H and O–H groups in total. The van der Waals surface area contributed by atoms with E-state index in [-0.39, 0.29) is 5.91 Å². The Morgan fingerprint density at radius 1 is 0.964 bits per heavy atom. The largest absolute Gasteiger partial charge is 0.344 e. The zero-order valence-electron chi connectivity index (χ0n) is 15.1. The molecule has 0 bridgehead atoms. The third-order valence-electron chi connectivity index (χ3n) is 4.55. The number of piperazine rings is 1. The van der Waals surface area contributed by atoms with Crippen LogP contribution < -0.4 is 4.90 Å². The fourth-order valence-electron chi connectivity index (χ4n) is 3.03. The van der Waals surface area contributed by atoms with E-state index in [1.54, 1.807) is 11.3 Å². The Balaban J connectivity index is 1.40. The molecule has 0 unspecified atom stereocenters. The third kappa shape index (κ3) is 4.27. The normalized spacial score (nSPS) is 13.8. The Labute approximate surface area is 177 Å². The Kier molecular flexibility index (Phi) is 5.75. The first-order chi connectivity index (χ1) is 13.7. The molecule has 1 aromatic heterocycles. The lowest BCUT2D eigenvalue weighted by molar-refractivity contribution is -0.125. The fraction of sp³-hybridized carbons (Fsp3) is 0.182. The molecular weight excluding hydrogens is 434 g/mol. The van der Waals surface area contributed by atoms with Crippen LogP contribution in [0.15, 0.2) is 64.5 Å². The van der Waals surface area contributed by atoms with Crippen LogP contribution in [0.4, 0.5) is 5.13 Å². The second kappa shape index (κ2) is 8.59. The van der Waals surface area contributed by atoms with Crippen molar-refractivity contribution in [3.63, 3.8) is 0 Å². The molecule has 1 aliphatic rings. The van der Waals surface area contributed by atoms with Crippen molar-refractivity contribution in [3.05, 3.63) is 70.0 Å². The molecule has 4 nitrogen and oxygen atoms in total. The quantitative estimate of drug-likeness (QED) is 0.545. The van der Waals surface area contributed by atoms with Crippen LogP contribution in [0, 0.1) is 11.8 Å². The lowest BCUT2D eigenvalue weighted by Gasteiger charge is -2.33. The van der Waals surface area contributed by atoms with Crippen molar-refractivity contribution in [2.45, 2.75) is 0 Å². The van der Waals surface area contributed by atoms with Crippen LogP contribution in [-0.4, -0.2) is 42.0 Å². The van der Waals surface area contributed by atoms with Gasteiger partial charge < -0.3 is 9.80 Å². The third-order valence-corrected chi connectivity index (χ3v) is 6.31. The van der Waals surface area contributed by atoms with Gasteiger partial charge in [0, 0.05) is 43.2 Å². The lowest BCUT2D eigenvalue weighted by atomic mass is 10.2. The van der Waals surface area contributed by atoms with Crippen LogP contribution >= 0.6 is 27.3 Å². The van der Waals surface area contributed by atoms with Crippen molar-refractivity contribution in [1.82, 2.24) is 9.88 Å². The fourth-order valence-corrected chi connectivity index (χ4v) is 4.65. The molecule has 3 aromatic rings. The molecule has 1 aliphatic heterocycles. The van der Waals surface area contributed by atoms with Gasteiger partial charge in [-0.05, 0) is 28.1 Å². The van der Waals surface area contributed by atoms with Crippen LogP contribution in [0.3, 0.4) is 0 Å². The zero-order valence-corrected chi connectivity index (χ0v) is 17.5. The van der Waals surface area contributed by atoms with Crippen molar-refractivity contribution < 1.29 is 4.79 Å². The highest BCUT2D eigenvalue weighted by Crippen LogP contribution is 2.37. The maximum Gasteiger partial charge on any atom is 0.298 e. The molecule has 4 rings (SSSR count). The number of aromatic nitrogens is 1. The van der Waals surface area contributed by atoms with Gasteiger partial charge in [0.25, 0.3) is 5.91 Å². The Bertz CT molecular complexity index is 1020. The number of hydrogen-bond acceptors (Lipinski definition) is 4. The van der Waals surface area contributed by atoms with E-state index in [0.29, 0.717) is 13.1 Å². The monoisotopic (exact) mass is 451 g/mol. The molecule has 140 valence electrons. The molecule has 2 heterocycles. The summed E-state index contributed by atoms with van der Waals surface area (Å²) in [5.41, 5.74) is 2.92. The van der Waals surface area contributed by atoms with E-state index in [1.807, 2.05) is 53.4 Å². The van der Waals surface area contributed by atoms with Gasteiger partial charge in [0.05, 0.1) is 9.48 Å². The van der Waals surface area contributed by atoms with Gasteiger partial charge in [-0.2, -0.15) is 0 Å². The standard InChI is InChI=1S/C22H18BrN3OS/c23-21-20(18-9-5-2-6-10-18)24-22(28-21)26-15-13-25(14-16-26)19(27)12-11-17-7-3-1-4-8-17/h1-10H,13-16H2. The van der Waals surface area contributed by atoms with Gasteiger partial charge in [0.2, 0.25) is 0 Å². The SMILES string of the molecule is O=C(C#Cc1ccccc1)N1CCN(c2nc(-c3ccccc3)c(Br)s2)CC1. The van der Waals surface area contributed by atoms with Crippen molar-refractivity contribution in [2.75, 3.05) is 31.1 Å². The van der Waals surface area contributed by atoms with E-state index in [2.05, 4.69) is 44.8 Å². The van der Waals surface area contributed by atoms with E-state index in [4.69, 9.17) is 4.98 Å². The summed E-state index contributed by atoms with van der Waals surface area (Å²) < 4.78 is 1.03. The number of halogens is 1. The molecule has 1 amide bonds. The average molecular weight is 452 g/mol.